The highest BCUT2D eigenvalue weighted by atomic mass is 32.1. The number of nitrogens with one attached hydrogen (secondary N) is 1. The Hall–Kier alpha value is -2.18. The number of nitroso groups, excluding NO2 is 1. The van der Waals surface area contributed by atoms with Gasteiger partial charge in [-0.25, -0.2) is 0 Å². The van der Waals surface area contributed by atoms with Gasteiger partial charge in [0.15, 0.2) is 5.75 Å². The molecule has 0 bridgehead atoms. The number of aliphatic hydroxyl groups is 3. The highest BCUT2D eigenvalue weighted by molar-refractivity contribution is 7.21. The summed E-state index contributed by atoms with van der Waals surface area (Å²) in [5.41, 5.74) is -0.249. The first-order chi connectivity index (χ1) is 14.0. The Kier molecular flexibility index (Phi) is 6.39. The summed E-state index contributed by atoms with van der Waals surface area (Å²) in [6.45, 7) is 6.04. The van der Waals surface area contributed by atoms with Crippen LogP contribution in [-0.2, 0) is 9.53 Å². The van der Waals surface area contributed by atoms with Gasteiger partial charge in [-0.3, -0.25) is 4.79 Å². The Morgan fingerprint density at radius 3 is 2.63 bits per heavy atom. The number of carbonyl (C=O) groups is 1. The lowest BCUT2D eigenvalue weighted by Crippen LogP contribution is -2.65. The van der Waals surface area contributed by atoms with Crippen LogP contribution in [0.3, 0.4) is 0 Å². The van der Waals surface area contributed by atoms with Crippen LogP contribution in [0, 0.1) is 4.91 Å². The summed E-state index contributed by atoms with van der Waals surface area (Å²) in [6, 6.07) is 4.05. The van der Waals surface area contributed by atoms with E-state index in [-0.39, 0.29) is 10.9 Å². The molecule has 3 rings (SSSR count). The van der Waals surface area contributed by atoms with Gasteiger partial charge in [0, 0.05) is 6.92 Å². The number of ether oxygens (including phenoxy) is 2. The molecule has 2 aromatic rings. The molecule has 5 atom stereocenters. The van der Waals surface area contributed by atoms with E-state index in [0.717, 1.165) is 4.76 Å². The minimum Gasteiger partial charge on any atom is -0.458 e. The molecule has 1 aromatic carbocycles. The van der Waals surface area contributed by atoms with E-state index in [4.69, 9.17) is 9.47 Å². The van der Waals surface area contributed by atoms with E-state index in [9.17, 15) is 25.0 Å². The molecule has 1 saturated heterocycles. The molecule has 4 N–H and O–H groups in total. The van der Waals surface area contributed by atoms with Crippen LogP contribution in [0.2, 0.25) is 0 Å². The smallest absolute Gasteiger partial charge is 0.422 e. The average Bonchev–Trinajstić information content (AvgIpc) is 3.11. The molecule has 4 unspecified atom stereocenters. The van der Waals surface area contributed by atoms with Gasteiger partial charge < -0.3 is 30.1 Å². The van der Waals surface area contributed by atoms with Crippen LogP contribution in [0.4, 0.5) is 5.13 Å². The summed E-state index contributed by atoms with van der Waals surface area (Å²) >= 11 is 1.21. The van der Waals surface area contributed by atoms with Crippen molar-refractivity contribution in [1.29, 1.82) is 0 Å². The standard InChI is InChI=1S/C19H25N3O7S/c1-9(24)20-14-16(26)15(25)11(8-23)29-17(14)28-10-6-5-7-12-13(10)21-18(30-12)22(27)19(2,3)4/h5-7,11,14-17,23,25-26H,8H2,1-4H3/p+1/t11?,14-,15?,16?,17?/m0/s1. The summed E-state index contributed by atoms with van der Waals surface area (Å²) in [4.78, 5) is 28.5. The molecule has 1 aliphatic heterocycles. The Balaban J connectivity index is 1.95. The van der Waals surface area contributed by atoms with Crippen molar-refractivity contribution in [2.45, 2.75) is 63.9 Å². The van der Waals surface area contributed by atoms with Crippen molar-refractivity contribution in [3.8, 4) is 5.75 Å². The van der Waals surface area contributed by atoms with Crippen LogP contribution in [0.15, 0.2) is 18.2 Å². The Morgan fingerprint density at radius 1 is 1.33 bits per heavy atom. The first-order valence-corrected chi connectivity index (χ1v) is 10.3. The number of hydrogen-bond donors (Lipinski definition) is 4. The third-order valence-corrected chi connectivity index (χ3v) is 5.64. The molecular weight excluding hydrogens is 414 g/mol. The number of rotatable bonds is 5. The number of aromatic nitrogens is 1. The highest BCUT2D eigenvalue weighted by Gasteiger charge is 2.46. The van der Waals surface area contributed by atoms with Gasteiger partial charge in [0.2, 0.25) is 17.7 Å². The molecule has 0 aliphatic carbocycles. The third kappa shape index (κ3) is 4.44. The third-order valence-electron chi connectivity index (χ3n) is 4.65. The van der Waals surface area contributed by atoms with Gasteiger partial charge in [-0.1, -0.05) is 11.0 Å². The van der Waals surface area contributed by atoms with Crippen molar-refractivity contribution >= 4 is 32.6 Å². The van der Waals surface area contributed by atoms with Gasteiger partial charge in [-0.15, -0.1) is 0 Å². The number of para-hydroxylation sites is 1. The fraction of sp³-hybridized carbons (Fsp3) is 0.579. The molecule has 0 saturated carbocycles. The molecule has 0 radical (unpaired) electrons. The molecule has 11 heteroatoms. The molecular formula is C19H26N3O7S+. The molecule has 1 aromatic heterocycles. The van der Waals surface area contributed by atoms with E-state index in [1.54, 1.807) is 39.0 Å². The zero-order valence-corrected chi connectivity index (χ0v) is 17.9. The van der Waals surface area contributed by atoms with Crippen molar-refractivity contribution in [2.24, 2.45) is 0 Å². The minimum absolute atomic E-state index is 0.264. The molecule has 2 heterocycles. The van der Waals surface area contributed by atoms with E-state index < -0.39 is 48.7 Å². The van der Waals surface area contributed by atoms with Gasteiger partial charge in [0.25, 0.3) is 0 Å². The van der Waals surface area contributed by atoms with Crippen molar-refractivity contribution in [3.63, 3.8) is 0 Å². The largest absolute Gasteiger partial charge is 0.458 e. The Bertz CT molecular complexity index is 942. The van der Waals surface area contributed by atoms with Crippen molar-refractivity contribution in [1.82, 2.24) is 10.3 Å². The lowest BCUT2D eigenvalue weighted by molar-refractivity contribution is -0.539. The van der Waals surface area contributed by atoms with Crippen molar-refractivity contribution in [2.75, 3.05) is 6.61 Å². The lowest BCUT2D eigenvalue weighted by atomic mass is 9.97. The number of fused-ring (bicyclic) bond motifs is 1. The highest BCUT2D eigenvalue weighted by Crippen LogP contribution is 2.36. The predicted molar refractivity (Wildman–Crippen MR) is 109 cm³/mol. The number of amides is 1. The maximum absolute atomic E-state index is 12.5. The van der Waals surface area contributed by atoms with E-state index in [2.05, 4.69) is 10.3 Å². The summed E-state index contributed by atoms with van der Waals surface area (Å²) in [7, 11) is 0. The lowest BCUT2D eigenvalue weighted by Gasteiger charge is -2.41. The summed E-state index contributed by atoms with van der Waals surface area (Å²) in [5.74, 6) is -0.176. The summed E-state index contributed by atoms with van der Waals surface area (Å²) in [5, 5.41) is 32.8. The van der Waals surface area contributed by atoms with E-state index in [1.807, 2.05) is 0 Å². The Morgan fingerprint density at radius 2 is 2.03 bits per heavy atom. The number of carbonyl (C=O) groups excluding carboxylic acids is 1. The SMILES string of the molecule is CC(=O)N[C@@H]1C(Oc2cccc3sc([N+](=O)C(C)(C)C)nc23)OC(CO)C(O)C1O. The molecule has 0 spiro atoms. The maximum atomic E-state index is 12.5. The predicted octanol–water partition coefficient (Wildman–Crippen LogP) is 0.828. The van der Waals surface area contributed by atoms with E-state index >= 15 is 0 Å². The number of aliphatic hydroxyl groups excluding tert-OH is 3. The van der Waals surface area contributed by atoms with Crippen LogP contribution in [0.5, 0.6) is 5.75 Å². The van der Waals surface area contributed by atoms with Gasteiger partial charge in [-0.2, -0.15) is 0 Å². The monoisotopic (exact) mass is 440 g/mol. The minimum atomic E-state index is -1.42. The average molecular weight is 440 g/mol. The fourth-order valence-electron chi connectivity index (χ4n) is 3.08. The van der Waals surface area contributed by atoms with Crippen LogP contribution in [0.1, 0.15) is 27.7 Å². The number of benzene rings is 1. The molecule has 10 nitrogen and oxygen atoms in total. The van der Waals surface area contributed by atoms with Crippen molar-refractivity contribution in [3.05, 3.63) is 23.1 Å². The second-order valence-electron chi connectivity index (χ2n) is 8.12. The van der Waals surface area contributed by atoms with E-state index in [0.29, 0.717) is 10.2 Å². The van der Waals surface area contributed by atoms with Crippen LogP contribution >= 0.6 is 11.3 Å². The second-order valence-corrected chi connectivity index (χ2v) is 9.12. The van der Waals surface area contributed by atoms with Gasteiger partial charge in [-0.05, 0) is 54.0 Å². The maximum Gasteiger partial charge on any atom is 0.422 e. The van der Waals surface area contributed by atoms with E-state index in [1.165, 1.54) is 18.3 Å². The topological polar surface area (TPSA) is 141 Å². The van der Waals surface area contributed by atoms with Gasteiger partial charge in [0.05, 0.1) is 11.3 Å². The zero-order valence-electron chi connectivity index (χ0n) is 17.1. The van der Waals surface area contributed by atoms with Crippen LogP contribution in [0.25, 0.3) is 10.2 Å². The quantitative estimate of drug-likeness (QED) is 0.501. The second kappa shape index (κ2) is 8.52. The first kappa shape index (κ1) is 22.5. The first-order valence-electron chi connectivity index (χ1n) is 9.46. The van der Waals surface area contributed by atoms with Gasteiger partial charge >= 0.3 is 5.13 Å². The number of nitrogens with zero attached hydrogens (tertiary/aromatic N) is 2. The molecule has 30 heavy (non-hydrogen) atoms. The Labute approximate surface area is 177 Å². The molecule has 164 valence electrons. The zero-order chi connectivity index (χ0) is 22.2. The van der Waals surface area contributed by atoms with Crippen LogP contribution < -0.4 is 10.1 Å². The van der Waals surface area contributed by atoms with Crippen molar-refractivity contribution < 1.29 is 34.3 Å². The molecule has 1 aliphatic rings. The normalized spacial score (nSPS) is 27.1. The van der Waals surface area contributed by atoms with Gasteiger partial charge in [0.1, 0.15) is 29.9 Å². The molecule has 1 fully saturated rings. The summed E-state index contributed by atoms with van der Waals surface area (Å²) in [6.07, 6.45) is -5.13. The molecule has 1 amide bonds. The number of hydrogen-bond acceptors (Lipinski definition) is 9. The number of thiazole rings is 1. The fourth-order valence-corrected chi connectivity index (χ4v) is 4.16. The summed E-state index contributed by atoms with van der Waals surface area (Å²) < 4.78 is 13.0. The van der Waals surface area contributed by atoms with Crippen LogP contribution in [-0.4, -0.2) is 73.8 Å².